The molecule has 1 heterocycles. The summed E-state index contributed by atoms with van der Waals surface area (Å²) in [5.41, 5.74) is -0.322. The predicted octanol–water partition coefficient (Wildman–Crippen LogP) is 3.05. The van der Waals surface area contributed by atoms with Gasteiger partial charge in [0.2, 0.25) is 0 Å². The Bertz CT molecular complexity index is 731. The zero-order valence-corrected chi connectivity index (χ0v) is 13.3. The van der Waals surface area contributed by atoms with Gasteiger partial charge >= 0.3 is 5.97 Å². The normalized spacial score (nSPS) is 10.7. The van der Waals surface area contributed by atoms with E-state index in [9.17, 15) is 14.0 Å². The summed E-state index contributed by atoms with van der Waals surface area (Å²) >= 11 is 5.70. The summed E-state index contributed by atoms with van der Waals surface area (Å²) in [6.07, 6.45) is 1.54. The molecule has 122 valence electrons. The molecule has 0 aliphatic heterocycles. The Kier molecular flexibility index (Phi) is 5.33. The van der Waals surface area contributed by atoms with Crippen molar-refractivity contribution in [2.75, 3.05) is 11.9 Å². The summed E-state index contributed by atoms with van der Waals surface area (Å²) in [5, 5.41) is 6.83. The van der Waals surface area contributed by atoms with E-state index in [1.165, 1.54) is 6.07 Å². The third-order valence-corrected chi connectivity index (χ3v) is 3.14. The van der Waals surface area contributed by atoms with Gasteiger partial charge in [0.15, 0.2) is 6.61 Å². The Morgan fingerprint density at radius 3 is 2.83 bits per heavy atom. The lowest BCUT2D eigenvalue weighted by Gasteiger charge is -2.12. The van der Waals surface area contributed by atoms with Crippen LogP contribution in [0.3, 0.4) is 0 Å². The fourth-order valence-electron chi connectivity index (χ4n) is 1.87. The molecule has 0 aliphatic rings. The highest BCUT2D eigenvalue weighted by molar-refractivity contribution is 6.30. The topological polar surface area (TPSA) is 73.2 Å². The number of nitrogens with zero attached hydrogens (tertiary/aromatic N) is 2. The Morgan fingerprint density at radius 1 is 1.39 bits per heavy atom. The first-order chi connectivity index (χ1) is 10.9. The highest BCUT2D eigenvalue weighted by Gasteiger charge is 2.16. The van der Waals surface area contributed by atoms with Crippen LogP contribution in [-0.4, -0.2) is 28.3 Å². The zero-order chi connectivity index (χ0) is 17.0. The number of rotatable bonds is 5. The van der Waals surface area contributed by atoms with E-state index in [-0.39, 0.29) is 16.6 Å². The van der Waals surface area contributed by atoms with Gasteiger partial charge in [-0.05, 0) is 32.0 Å². The van der Waals surface area contributed by atoms with Crippen molar-refractivity contribution in [1.29, 1.82) is 0 Å². The molecule has 6 nitrogen and oxygen atoms in total. The number of halogens is 2. The number of hydrogen-bond acceptors (Lipinski definition) is 4. The van der Waals surface area contributed by atoms with Crippen LogP contribution >= 0.6 is 11.6 Å². The Hall–Kier alpha value is -2.41. The van der Waals surface area contributed by atoms with Gasteiger partial charge in [-0.2, -0.15) is 5.10 Å². The van der Waals surface area contributed by atoms with Crippen molar-refractivity contribution in [3.8, 4) is 0 Å². The highest BCUT2D eigenvalue weighted by Crippen LogP contribution is 2.16. The number of aromatic nitrogens is 2. The number of ether oxygens (including phenoxy) is 1. The molecule has 0 bridgehead atoms. The third kappa shape index (κ3) is 4.29. The maximum Gasteiger partial charge on any atom is 0.341 e. The summed E-state index contributed by atoms with van der Waals surface area (Å²) < 4.78 is 19.9. The van der Waals surface area contributed by atoms with Gasteiger partial charge < -0.3 is 10.1 Å². The smallest absolute Gasteiger partial charge is 0.341 e. The molecule has 2 rings (SSSR count). The largest absolute Gasteiger partial charge is 0.452 e. The second-order valence-electron chi connectivity index (χ2n) is 5.00. The van der Waals surface area contributed by atoms with E-state index in [0.717, 1.165) is 12.1 Å². The molecule has 0 unspecified atom stereocenters. The number of benzene rings is 1. The molecule has 0 atom stereocenters. The lowest BCUT2D eigenvalue weighted by atomic mass is 10.2. The van der Waals surface area contributed by atoms with Gasteiger partial charge in [0.1, 0.15) is 11.6 Å². The lowest BCUT2D eigenvalue weighted by Crippen LogP contribution is -2.23. The average molecular weight is 340 g/mol. The maximum atomic E-state index is 13.5. The van der Waals surface area contributed by atoms with Crippen LogP contribution in [0.4, 0.5) is 10.2 Å². The van der Waals surface area contributed by atoms with E-state index in [4.69, 9.17) is 16.3 Å². The quantitative estimate of drug-likeness (QED) is 0.850. The number of nitrogens with one attached hydrogen (secondary N) is 1. The summed E-state index contributed by atoms with van der Waals surface area (Å²) in [6, 6.07) is 5.19. The summed E-state index contributed by atoms with van der Waals surface area (Å²) in [4.78, 5) is 23.6. The minimum Gasteiger partial charge on any atom is -0.452 e. The standard InChI is InChI=1S/C15H15ClFN3O3/c1-9(2)20-13(5-6-18-20)19-14(21)8-23-15(22)11-7-10(16)3-4-12(11)17/h3-7,9H,8H2,1-2H3,(H,19,21). The average Bonchev–Trinajstić information content (AvgIpc) is 2.95. The van der Waals surface area contributed by atoms with Crippen molar-refractivity contribution >= 4 is 29.3 Å². The molecule has 23 heavy (non-hydrogen) atoms. The van der Waals surface area contributed by atoms with Crippen LogP contribution in [0.25, 0.3) is 0 Å². The van der Waals surface area contributed by atoms with Gasteiger partial charge in [-0.15, -0.1) is 0 Å². The third-order valence-electron chi connectivity index (χ3n) is 2.91. The summed E-state index contributed by atoms with van der Waals surface area (Å²) in [6.45, 7) is 3.27. The lowest BCUT2D eigenvalue weighted by molar-refractivity contribution is -0.119. The monoisotopic (exact) mass is 339 g/mol. The minimum absolute atomic E-state index is 0.0587. The minimum atomic E-state index is -0.961. The van der Waals surface area contributed by atoms with Crippen LogP contribution in [-0.2, 0) is 9.53 Å². The van der Waals surface area contributed by atoms with E-state index in [0.29, 0.717) is 5.82 Å². The highest BCUT2D eigenvalue weighted by atomic mass is 35.5. The molecule has 0 saturated heterocycles. The molecular weight excluding hydrogens is 325 g/mol. The molecule has 0 aliphatic carbocycles. The van der Waals surface area contributed by atoms with Crippen LogP contribution in [0.1, 0.15) is 30.2 Å². The fraction of sp³-hybridized carbons (Fsp3) is 0.267. The molecule has 1 aromatic heterocycles. The SMILES string of the molecule is CC(C)n1nccc1NC(=O)COC(=O)c1cc(Cl)ccc1F. The molecule has 0 saturated carbocycles. The van der Waals surface area contributed by atoms with Gasteiger partial charge in [0.05, 0.1) is 11.8 Å². The summed E-state index contributed by atoms with van der Waals surface area (Å²) in [7, 11) is 0. The van der Waals surface area contributed by atoms with Crippen LogP contribution in [0.15, 0.2) is 30.5 Å². The molecule has 1 aromatic carbocycles. The van der Waals surface area contributed by atoms with Crippen molar-refractivity contribution < 1.29 is 18.7 Å². The Labute approximate surface area is 137 Å². The van der Waals surface area contributed by atoms with E-state index in [1.807, 2.05) is 13.8 Å². The van der Waals surface area contributed by atoms with Crippen molar-refractivity contribution in [2.24, 2.45) is 0 Å². The predicted molar refractivity (Wildman–Crippen MR) is 82.9 cm³/mol. The molecule has 2 aromatic rings. The Balaban J connectivity index is 1.95. The molecular formula is C15H15ClFN3O3. The second kappa shape index (κ2) is 7.23. The second-order valence-corrected chi connectivity index (χ2v) is 5.44. The van der Waals surface area contributed by atoms with Crippen LogP contribution in [0.5, 0.6) is 0 Å². The number of hydrogen-bond donors (Lipinski definition) is 1. The van der Waals surface area contributed by atoms with Crippen LogP contribution < -0.4 is 5.32 Å². The van der Waals surface area contributed by atoms with Gasteiger partial charge in [-0.1, -0.05) is 11.6 Å². The molecule has 0 spiro atoms. The molecule has 1 amide bonds. The van der Waals surface area contributed by atoms with Crippen molar-refractivity contribution in [1.82, 2.24) is 9.78 Å². The van der Waals surface area contributed by atoms with Crippen molar-refractivity contribution in [2.45, 2.75) is 19.9 Å². The van der Waals surface area contributed by atoms with E-state index in [1.54, 1.807) is 16.9 Å². The van der Waals surface area contributed by atoms with Crippen molar-refractivity contribution in [3.63, 3.8) is 0 Å². The first kappa shape index (κ1) is 17.0. The first-order valence-corrected chi connectivity index (χ1v) is 7.22. The van der Waals surface area contributed by atoms with Crippen molar-refractivity contribution in [3.05, 3.63) is 46.9 Å². The first-order valence-electron chi connectivity index (χ1n) is 6.84. The molecule has 1 N–H and O–H groups in total. The van der Waals surface area contributed by atoms with Gasteiger partial charge in [0.25, 0.3) is 5.91 Å². The maximum absolute atomic E-state index is 13.5. The number of amides is 1. The van der Waals surface area contributed by atoms with E-state index in [2.05, 4.69) is 10.4 Å². The number of carbonyl (C=O) groups excluding carboxylic acids is 2. The number of esters is 1. The van der Waals surface area contributed by atoms with E-state index < -0.39 is 24.3 Å². The zero-order valence-electron chi connectivity index (χ0n) is 12.5. The number of anilines is 1. The van der Waals surface area contributed by atoms with Gasteiger partial charge in [0, 0.05) is 17.1 Å². The summed E-state index contributed by atoms with van der Waals surface area (Å²) in [5.74, 6) is -1.80. The molecule has 0 fully saturated rings. The van der Waals surface area contributed by atoms with Gasteiger partial charge in [-0.25, -0.2) is 13.9 Å². The van der Waals surface area contributed by atoms with Crippen LogP contribution in [0, 0.1) is 5.82 Å². The Morgan fingerprint density at radius 2 is 2.13 bits per heavy atom. The number of carbonyl (C=O) groups is 2. The molecule has 8 heteroatoms. The van der Waals surface area contributed by atoms with Crippen LogP contribution in [0.2, 0.25) is 5.02 Å². The van der Waals surface area contributed by atoms with Gasteiger partial charge in [-0.3, -0.25) is 4.79 Å². The fourth-order valence-corrected chi connectivity index (χ4v) is 2.04. The van der Waals surface area contributed by atoms with E-state index >= 15 is 0 Å². The molecule has 0 radical (unpaired) electrons.